The molecular weight excluding hydrogens is 367 g/mol. The molecule has 0 fully saturated rings. The molecule has 2 aromatic rings. The molecule has 1 aliphatic heterocycles. The Labute approximate surface area is 155 Å². The fourth-order valence-electron chi connectivity index (χ4n) is 3.04. The summed E-state index contributed by atoms with van der Waals surface area (Å²) in [5, 5.41) is 2.54. The third kappa shape index (κ3) is 4.40. The lowest BCUT2D eigenvalue weighted by molar-refractivity contribution is -0.137. The van der Waals surface area contributed by atoms with Crippen LogP contribution in [0.4, 0.5) is 30.2 Å². The Morgan fingerprint density at radius 1 is 1.19 bits per heavy atom. The molecule has 1 amide bonds. The fourth-order valence-corrected chi connectivity index (χ4v) is 3.04. The van der Waals surface area contributed by atoms with E-state index >= 15 is 0 Å². The number of nitrogens with zero attached hydrogens (tertiary/aromatic N) is 1. The number of fused-ring (bicyclic) bond motifs is 1. The summed E-state index contributed by atoms with van der Waals surface area (Å²) >= 11 is 0. The molecule has 0 saturated carbocycles. The number of hydrogen-bond donors (Lipinski definition) is 2. The summed E-state index contributed by atoms with van der Waals surface area (Å²) in [6.45, 7) is 0.763. The maximum atomic E-state index is 12.7. The maximum Gasteiger partial charge on any atom is 0.416 e. The van der Waals surface area contributed by atoms with Crippen LogP contribution in [-0.4, -0.2) is 19.0 Å². The van der Waals surface area contributed by atoms with Crippen LogP contribution in [0.1, 0.15) is 17.5 Å². The number of nitrogen functional groups attached to an aromatic ring is 1. The van der Waals surface area contributed by atoms with Crippen LogP contribution in [0, 0.1) is 0 Å². The van der Waals surface area contributed by atoms with Gasteiger partial charge in [-0.1, -0.05) is 12.1 Å². The molecule has 0 aromatic heterocycles. The van der Waals surface area contributed by atoms with Crippen molar-refractivity contribution in [1.82, 2.24) is 0 Å². The highest BCUT2D eigenvalue weighted by Crippen LogP contribution is 2.32. The molecule has 8 heteroatoms. The van der Waals surface area contributed by atoms with Gasteiger partial charge in [0.2, 0.25) is 5.91 Å². The lowest BCUT2D eigenvalue weighted by Crippen LogP contribution is -2.37. The van der Waals surface area contributed by atoms with Crippen LogP contribution < -0.4 is 16.0 Å². The lowest BCUT2D eigenvalue weighted by atomic mass is 10.00. The maximum absolute atomic E-state index is 12.7. The second kappa shape index (κ2) is 7.86. The minimum absolute atomic E-state index is 0. The molecule has 0 bridgehead atoms. The molecule has 0 saturated heterocycles. The minimum Gasteiger partial charge on any atom is -0.398 e. The first-order valence-electron chi connectivity index (χ1n) is 7.94. The van der Waals surface area contributed by atoms with Crippen molar-refractivity contribution in [2.75, 3.05) is 29.0 Å². The van der Waals surface area contributed by atoms with Crippen LogP contribution in [0.2, 0.25) is 0 Å². The van der Waals surface area contributed by atoms with E-state index in [-0.39, 0.29) is 30.5 Å². The fraction of sp³-hybridized carbons (Fsp3) is 0.278. The van der Waals surface area contributed by atoms with E-state index < -0.39 is 11.7 Å². The number of benzene rings is 2. The van der Waals surface area contributed by atoms with Gasteiger partial charge in [0.1, 0.15) is 0 Å². The second-order valence-corrected chi connectivity index (χ2v) is 6.00. The number of rotatable bonds is 3. The second-order valence-electron chi connectivity index (χ2n) is 6.00. The largest absolute Gasteiger partial charge is 0.416 e. The first kappa shape index (κ1) is 19.9. The van der Waals surface area contributed by atoms with Crippen LogP contribution in [0.5, 0.6) is 0 Å². The van der Waals surface area contributed by atoms with Crippen LogP contribution in [-0.2, 0) is 17.4 Å². The van der Waals surface area contributed by atoms with Gasteiger partial charge in [0.25, 0.3) is 0 Å². The van der Waals surface area contributed by atoms with Crippen LogP contribution in [0.25, 0.3) is 0 Å². The lowest BCUT2D eigenvalue weighted by Gasteiger charge is -2.31. The van der Waals surface area contributed by atoms with Crippen LogP contribution >= 0.6 is 12.4 Å². The summed E-state index contributed by atoms with van der Waals surface area (Å²) < 4.78 is 38.2. The number of alkyl halides is 3. The molecule has 140 valence electrons. The number of anilines is 3. The quantitative estimate of drug-likeness (QED) is 0.782. The first-order valence-corrected chi connectivity index (χ1v) is 7.94. The van der Waals surface area contributed by atoms with Crippen molar-refractivity contribution in [2.45, 2.75) is 19.0 Å². The highest BCUT2D eigenvalue weighted by Gasteiger charge is 2.30. The van der Waals surface area contributed by atoms with Crippen molar-refractivity contribution in [2.24, 2.45) is 0 Å². The SMILES string of the molecule is Cl.Nc1cccc2c1CCCN2CC(=O)Nc1cccc(C(F)(F)F)c1. The van der Waals surface area contributed by atoms with Gasteiger partial charge in [-0.15, -0.1) is 12.4 Å². The van der Waals surface area contributed by atoms with Gasteiger partial charge in [-0.3, -0.25) is 4.79 Å². The molecule has 3 rings (SSSR count). The monoisotopic (exact) mass is 385 g/mol. The van der Waals surface area contributed by atoms with Crippen molar-refractivity contribution in [3.63, 3.8) is 0 Å². The van der Waals surface area contributed by atoms with E-state index in [1.807, 2.05) is 23.1 Å². The number of hydrogen-bond acceptors (Lipinski definition) is 3. The van der Waals surface area contributed by atoms with Gasteiger partial charge in [-0.05, 0) is 48.7 Å². The normalized spacial score (nSPS) is 13.6. The zero-order valence-corrected chi connectivity index (χ0v) is 14.7. The number of nitrogens with two attached hydrogens (primary N) is 1. The average Bonchev–Trinajstić information content (AvgIpc) is 2.55. The van der Waals surface area contributed by atoms with Gasteiger partial charge in [0.05, 0.1) is 12.1 Å². The van der Waals surface area contributed by atoms with Gasteiger partial charge in [-0.2, -0.15) is 13.2 Å². The number of carbonyl (C=O) groups excluding carboxylic acids is 1. The number of halogens is 4. The van der Waals surface area contributed by atoms with Gasteiger partial charge in [0.15, 0.2) is 0 Å². The Balaban J connectivity index is 0.00000243. The van der Waals surface area contributed by atoms with E-state index in [1.54, 1.807) is 0 Å². The highest BCUT2D eigenvalue weighted by atomic mass is 35.5. The van der Waals surface area contributed by atoms with Gasteiger partial charge < -0.3 is 16.0 Å². The van der Waals surface area contributed by atoms with Crippen molar-refractivity contribution >= 4 is 35.4 Å². The number of amides is 1. The number of nitrogens with one attached hydrogen (secondary N) is 1. The Bertz CT molecular complexity index is 795. The molecule has 0 unspecified atom stereocenters. The van der Waals surface area contributed by atoms with E-state index in [4.69, 9.17) is 5.73 Å². The molecule has 1 heterocycles. The molecule has 26 heavy (non-hydrogen) atoms. The van der Waals surface area contributed by atoms with Crippen molar-refractivity contribution in [1.29, 1.82) is 0 Å². The molecule has 4 nitrogen and oxygen atoms in total. The Hall–Kier alpha value is -2.41. The molecule has 0 spiro atoms. The van der Waals surface area contributed by atoms with E-state index in [9.17, 15) is 18.0 Å². The summed E-state index contributed by atoms with van der Waals surface area (Å²) in [4.78, 5) is 14.2. The zero-order chi connectivity index (χ0) is 18.0. The van der Waals surface area contributed by atoms with Crippen molar-refractivity contribution in [3.8, 4) is 0 Å². The highest BCUT2D eigenvalue weighted by molar-refractivity contribution is 5.94. The van der Waals surface area contributed by atoms with E-state index in [0.29, 0.717) is 12.2 Å². The first-order chi connectivity index (χ1) is 11.8. The van der Waals surface area contributed by atoms with E-state index in [0.717, 1.165) is 36.2 Å². The van der Waals surface area contributed by atoms with Crippen molar-refractivity contribution < 1.29 is 18.0 Å². The minimum atomic E-state index is -4.44. The Morgan fingerprint density at radius 2 is 1.92 bits per heavy atom. The molecule has 0 aliphatic carbocycles. The van der Waals surface area contributed by atoms with Crippen molar-refractivity contribution in [3.05, 3.63) is 53.6 Å². The van der Waals surface area contributed by atoms with E-state index in [2.05, 4.69) is 5.32 Å². The molecule has 1 aliphatic rings. The standard InChI is InChI=1S/C18H18F3N3O.ClH/c19-18(20,21)12-4-1-5-13(10-12)23-17(25)11-24-9-3-6-14-15(22)7-2-8-16(14)24;/h1-2,4-5,7-8,10H,3,6,9,11,22H2,(H,23,25);1H. The summed E-state index contributed by atoms with van der Waals surface area (Å²) in [5.74, 6) is -0.366. The predicted molar refractivity (Wildman–Crippen MR) is 98.7 cm³/mol. The zero-order valence-electron chi connectivity index (χ0n) is 13.8. The summed E-state index contributed by atoms with van der Waals surface area (Å²) in [6.07, 6.45) is -2.71. The smallest absolute Gasteiger partial charge is 0.398 e. The summed E-state index contributed by atoms with van der Waals surface area (Å²) in [5.41, 5.74) is 7.94. The topological polar surface area (TPSA) is 58.4 Å². The molecular formula is C18H19ClF3N3O. The molecule has 0 radical (unpaired) electrons. The summed E-state index contributed by atoms with van der Waals surface area (Å²) in [6, 6.07) is 10.2. The average molecular weight is 386 g/mol. The Morgan fingerprint density at radius 3 is 2.65 bits per heavy atom. The van der Waals surface area contributed by atoms with E-state index in [1.165, 1.54) is 12.1 Å². The summed E-state index contributed by atoms with van der Waals surface area (Å²) in [7, 11) is 0. The van der Waals surface area contributed by atoms with Gasteiger partial charge in [-0.25, -0.2) is 0 Å². The van der Waals surface area contributed by atoms with Gasteiger partial charge >= 0.3 is 6.18 Å². The van der Waals surface area contributed by atoms with Crippen LogP contribution in [0.3, 0.4) is 0 Å². The molecule has 2 aromatic carbocycles. The molecule has 3 N–H and O–H groups in total. The Kier molecular flexibility index (Phi) is 6.02. The molecule has 0 atom stereocenters. The third-order valence-electron chi connectivity index (χ3n) is 4.19. The van der Waals surface area contributed by atoms with Gasteiger partial charge in [0, 0.05) is 23.6 Å². The number of carbonyl (C=O) groups is 1. The predicted octanol–water partition coefficient (Wildman–Crippen LogP) is 4.10. The third-order valence-corrected chi connectivity index (χ3v) is 4.19. The van der Waals surface area contributed by atoms with Crippen LogP contribution in [0.15, 0.2) is 42.5 Å².